The van der Waals surface area contributed by atoms with Crippen LogP contribution in [-0.4, -0.2) is 96.7 Å². The second-order valence-corrected chi connectivity index (χ2v) is 29.5. The fourth-order valence-corrected chi connectivity index (χ4v) is 11.9. The van der Waals surface area contributed by atoms with E-state index in [-0.39, 0.29) is 25.7 Å². The minimum atomic E-state index is -4.95. The highest BCUT2D eigenvalue weighted by Gasteiger charge is 2.30. The van der Waals surface area contributed by atoms with E-state index in [9.17, 15) is 43.2 Å². The van der Waals surface area contributed by atoms with Gasteiger partial charge in [0, 0.05) is 25.7 Å². The number of unbranched alkanes of at least 4 members (excludes halogenated alkanes) is 31. The van der Waals surface area contributed by atoms with Crippen molar-refractivity contribution in [1.29, 1.82) is 0 Å². The van der Waals surface area contributed by atoms with Crippen molar-refractivity contribution in [3.05, 3.63) is 0 Å². The summed E-state index contributed by atoms with van der Waals surface area (Å²) < 4.78 is 68.2. The van der Waals surface area contributed by atoms with Crippen molar-refractivity contribution in [3.63, 3.8) is 0 Å². The summed E-state index contributed by atoms with van der Waals surface area (Å²) in [6.45, 7) is 14.0. The predicted molar refractivity (Wildman–Crippen MR) is 354 cm³/mol. The van der Waals surface area contributed by atoms with Crippen LogP contribution in [0.5, 0.6) is 0 Å². The molecule has 0 saturated heterocycles. The summed E-state index contributed by atoms with van der Waals surface area (Å²) in [6.07, 6.45) is 40.4. The minimum absolute atomic E-state index is 0.104. The third-order valence-corrected chi connectivity index (χ3v) is 18.1. The molecule has 0 bridgehead atoms. The van der Waals surface area contributed by atoms with Gasteiger partial charge in [-0.3, -0.25) is 37.3 Å². The molecular weight excluding hydrogens is 1160 g/mol. The number of carbonyl (C=O) groups is 4. The highest BCUT2D eigenvalue weighted by atomic mass is 31.2. The number of esters is 4. The summed E-state index contributed by atoms with van der Waals surface area (Å²) in [4.78, 5) is 72.5. The fourth-order valence-electron chi connectivity index (χ4n) is 10.3. The van der Waals surface area contributed by atoms with Gasteiger partial charge in [0.05, 0.1) is 26.4 Å². The molecule has 0 saturated carbocycles. The van der Waals surface area contributed by atoms with E-state index in [2.05, 4.69) is 55.4 Å². The molecule has 0 aromatic heterocycles. The van der Waals surface area contributed by atoms with Crippen LogP contribution in [0.2, 0.25) is 0 Å². The van der Waals surface area contributed by atoms with Crippen LogP contribution in [0, 0.1) is 23.7 Å². The molecule has 0 aromatic rings. The predicted octanol–water partition coefficient (Wildman–Crippen LogP) is 19.3. The third kappa shape index (κ3) is 61.6. The Morgan fingerprint density at radius 3 is 0.807 bits per heavy atom. The van der Waals surface area contributed by atoms with Crippen LogP contribution in [0.1, 0.15) is 338 Å². The van der Waals surface area contributed by atoms with Crippen LogP contribution in [0.3, 0.4) is 0 Å². The Bertz CT molecular complexity index is 1750. The minimum Gasteiger partial charge on any atom is -0.462 e. The lowest BCUT2D eigenvalue weighted by atomic mass is 10.00. The largest absolute Gasteiger partial charge is 0.472 e. The monoisotopic (exact) mass is 1300 g/mol. The zero-order valence-electron chi connectivity index (χ0n) is 57.3. The molecule has 3 N–H and O–H groups in total. The molecule has 0 fully saturated rings. The molecule has 4 unspecified atom stereocenters. The number of ether oxygens (including phenoxy) is 4. The maximum Gasteiger partial charge on any atom is 0.472 e. The van der Waals surface area contributed by atoms with Crippen LogP contribution in [0.4, 0.5) is 0 Å². The highest BCUT2D eigenvalue weighted by Crippen LogP contribution is 2.45. The van der Waals surface area contributed by atoms with E-state index in [1.54, 1.807) is 0 Å². The molecule has 0 aromatic carbocycles. The molecule has 0 aliphatic rings. The number of aliphatic hydroxyl groups excluding tert-OH is 1. The standard InChI is InChI=1S/C69H134O17P2/c1-9-62(8)48-40-32-27-28-34-42-50-67(72)80-56-65(86-68(73)51-43-35-24-18-13-11-10-12-16-21-29-37-45-59(2)3)58-84-88(77,78)82-54-63(70)53-81-87(75,76)83-57-64(55-79-66(71)49-41-33-26-20-23-31-39-47-61(6)7)85-69(74)52-44-36-25-19-15-14-17-22-30-38-46-60(4)5/h59-65,70H,9-58H2,1-8H3,(H,75,76)(H,77,78)/t62?,63?,64-,65-/m1/s1. The Kier molecular flexibility index (Phi) is 57.6. The molecule has 17 nitrogen and oxygen atoms in total. The Morgan fingerprint density at radius 2 is 0.545 bits per heavy atom. The molecule has 0 spiro atoms. The van der Waals surface area contributed by atoms with Gasteiger partial charge in [0.1, 0.15) is 19.3 Å². The Morgan fingerprint density at radius 1 is 0.318 bits per heavy atom. The van der Waals surface area contributed by atoms with Crippen LogP contribution in [0.25, 0.3) is 0 Å². The number of phosphoric ester groups is 2. The van der Waals surface area contributed by atoms with Crippen LogP contribution >= 0.6 is 15.6 Å². The number of phosphoric acid groups is 2. The first-order chi connectivity index (χ1) is 42.1. The first kappa shape index (κ1) is 86.1. The molecule has 0 amide bonds. The smallest absolute Gasteiger partial charge is 0.462 e. The van der Waals surface area contributed by atoms with Gasteiger partial charge in [-0.2, -0.15) is 0 Å². The van der Waals surface area contributed by atoms with Gasteiger partial charge < -0.3 is 33.8 Å². The van der Waals surface area contributed by atoms with Crippen molar-refractivity contribution >= 4 is 39.5 Å². The van der Waals surface area contributed by atoms with E-state index in [0.29, 0.717) is 31.6 Å². The summed E-state index contributed by atoms with van der Waals surface area (Å²) >= 11 is 0. The van der Waals surface area contributed by atoms with Crippen molar-refractivity contribution in [2.24, 2.45) is 23.7 Å². The number of carbonyl (C=O) groups excluding carboxylic acids is 4. The van der Waals surface area contributed by atoms with E-state index in [4.69, 9.17) is 37.0 Å². The van der Waals surface area contributed by atoms with E-state index >= 15 is 0 Å². The molecule has 19 heteroatoms. The van der Waals surface area contributed by atoms with Crippen LogP contribution < -0.4 is 0 Å². The molecule has 0 radical (unpaired) electrons. The van der Waals surface area contributed by atoms with E-state index in [0.717, 1.165) is 120 Å². The van der Waals surface area contributed by atoms with Gasteiger partial charge in [-0.25, -0.2) is 9.13 Å². The third-order valence-electron chi connectivity index (χ3n) is 16.2. The van der Waals surface area contributed by atoms with Gasteiger partial charge in [-0.15, -0.1) is 0 Å². The first-order valence-electron chi connectivity index (χ1n) is 35.7. The van der Waals surface area contributed by atoms with Gasteiger partial charge in [-0.1, -0.05) is 287 Å². The van der Waals surface area contributed by atoms with Crippen LogP contribution in [0.15, 0.2) is 0 Å². The van der Waals surface area contributed by atoms with Gasteiger partial charge in [0.2, 0.25) is 0 Å². The lowest BCUT2D eigenvalue weighted by Crippen LogP contribution is -2.30. The fraction of sp³-hybridized carbons (Fsp3) is 0.942. The van der Waals surface area contributed by atoms with Crippen molar-refractivity contribution in [2.75, 3.05) is 39.6 Å². The summed E-state index contributed by atoms with van der Waals surface area (Å²) in [5.41, 5.74) is 0. The molecule has 0 rings (SSSR count). The summed E-state index contributed by atoms with van der Waals surface area (Å²) in [6, 6.07) is 0. The molecule has 522 valence electrons. The van der Waals surface area contributed by atoms with Gasteiger partial charge in [0.15, 0.2) is 12.2 Å². The van der Waals surface area contributed by atoms with Crippen molar-refractivity contribution in [3.8, 4) is 0 Å². The van der Waals surface area contributed by atoms with Crippen molar-refractivity contribution in [1.82, 2.24) is 0 Å². The molecule has 88 heavy (non-hydrogen) atoms. The molecule has 6 atom stereocenters. The molecule has 0 aliphatic heterocycles. The van der Waals surface area contributed by atoms with E-state index < -0.39 is 97.5 Å². The summed E-state index contributed by atoms with van der Waals surface area (Å²) in [5, 5.41) is 10.6. The Labute approximate surface area is 537 Å². The Hall–Kier alpha value is -1.94. The van der Waals surface area contributed by atoms with Crippen molar-refractivity contribution < 1.29 is 80.2 Å². The zero-order valence-corrected chi connectivity index (χ0v) is 59.1. The summed E-state index contributed by atoms with van der Waals surface area (Å²) in [7, 11) is -9.90. The number of rotatable bonds is 66. The number of hydrogen-bond acceptors (Lipinski definition) is 15. The lowest BCUT2D eigenvalue weighted by molar-refractivity contribution is -0.161. The van der Waals surface area contributed by atoms with E-state index in [1.165, 1.54) is 128 Å². The molecular formula is C69H134O17P2. The average molecular weight is 1300 g/mol. The second-order valence-electron chi connectivity index (χ2n) is 26.6. The lowest BCUT2D eigenvalue weighted by Gasteiger charge is -2.21. The average Bonchev–Trinajstić information content (AvgIpc) is 3.55. The quantitative estimate of drug-likeness (QED) is 0.0222. The van der Waals surface area contributed by atoms with Gasteiger partial charge >= 0.3 is 39.5 Å². The molecule has 0 aliphatic carbocycles. The SMILES string of the molecule is CCC(C)CCCCCCCCC(=O)OC[C@H](COP(=O)(O)OCC(O)COP(=O)(O)OC[C@@H](COC(=O)CCCCCCCCCC(C)C)OC(=O)CCCCCCCCCCCCC(C)C)OC(=O)CCCCCCCCCCCCCCC(C)C. The number of aliphatic hydroxyl groups is 1. The number of hydrogen-bond donors (Lipinski definition) is 3. The van der Waals surface area contributed by atoms with E-state index in [1.807, 2.05) is 0 Å². The highest BCUT2D eigenvalue weighted by molar-refractivity contribution is 7.47. The van der Waals surface area contributed by atoms with Crippen molar-refractivity contribution in [2.45, 2.75) is 356 Å². The molecule has 0 heterocycles. The normalized spacial score (nSPS) is 14.6. The van der Waals surface area contributed by atoms with Crippen LogP contribution in [-0.2, 0) is 65.4 Å². The second kappa shape index (κ2) is 58.8. The van der Waals surface area contributed by atoms with Gasteiger partial charge in [0.25, 0.3) is 0 Å². The Balaban J connectivity index is 5.25. The summed E-state index contributed by atoms with van der Waals surface area (Å²) in [5.74, 6) is 0.832. The maximum atomic E-state index is 13.0. The first-order valence-corrected chi connectivity index (χ1v) is 38.7. The topological polar surface area (TPSA) is 237 Å². The van der Waals surface area contributed by atoms with Gasteiger partial charge in [-0.05, 0) is 49.4 Å². The zero-order chi connectivity index (χ0) is 65.4. The maximum absolute atomic E-state index is 13.0.